The summed E-state index contributed by atoms with van der Waals surface area (Å²) >= 11 is 0. The van der Waals surface area contributed by atoms with E-state index in [2.05, 4.69) is 0 Å². The number of methoxy groups -OCH3 is 1. The van der Waals surface area contributed by atoms with E-state index >= 15 is 0 Å². The van der Waals surface area contributed by atoms with Gasteiger partial charge in [0.25, 0.3) is 0 Å². The summed E-state index contributed by atoms with van der Waals surface area (Å²) in [6, 6.07) is 10.2. The molecule has 0 atom stereocenters. The standard InChI is InChI=1S/C19H21NO5S/c1-14-10-18(11-15(2)19(14)23-3)26(21,22)20(12-16-6-4-8-24-16)13-17-7-5-9-25-17/h4-11H,12-13H2,1-3H3. The maximum atomic E-state index is 13.3. The summed E-state index contributed by atoms with van der Waals surface area (Å²) in [5, 5.41) is 0. The summed E-state index contributed by atoms with van der Waals surface area (Å²) < 4.78 is 43.9. The van der Waals surface area contributed by atoms with Crippen molar-refractivity contribution in [3.05, 3.63) is 71.6 Å². The van der Waals surface area contributed by atoms with Gasteiger partial charge in [-0.15, -0.1) is 0 Å². The van der Waals surface area contributed by atoms with Gasteiger partial charge in [0.1, 0.15) is 17.3 Å². The molecule has 0 fully saturated rings. The van der Waals surface area contributed by atoms with Crippen molar-refractivity contribution in [2.45, 2.75) is 31.8 Å². The van der Waals surface area contributed by atoms with Crippen molar-refractivity contribution in [3.8, 4) is 5.75 Å². The van der Waals surface area contributed by atoms with Crippen molar-refractivity contribution in [3.63, 3.8) is 0 Å². The van der Waals surface area contributed by atoms with E-state index in [4.69, 9.17) is 13.6 Å². The van der Waals surface area contributed by atoms with Crippen LogP contribution >= 0.6 is 0 Å². The van der Waals surface area contributed by atoms with Crippen LogP contribution in [0.1, 0.15) is 22.6 Å². The Morgan fingerprint density at radius 3 is 1.85 bits per heavy atom. The van der Waals surface area contributed by atoms with Gasteiger partial charge in [-0.25, -0.2) is 8.42 Å². The molecule has 0 unspecified atom stereocenters. The van der Waals surface area contributed by atoms with E-state index in [-0.39, 0.29) is 18.0 Å². The number of aryl methyl sites for hydroxylation is 2. The van der Waals surface area contributed by atoms with Crippen LogP contribution in [0.5, 0.6) is 5.75 Å². The molecule has 0 spiro atoms. The molecule has 0 aliphatic carbocycles. The van der Waals surface area contributed by atoms with Gasteiger partial charge in [0.15, 0.2) is 0 Å². The Morgan fingerprint density at radius 1 is 0.962 bits per heavy atom. The molecule has 0 bridgehead atoms. The fourth-order valence-corrected chi connectivity index (χ4v) is 4.45. The quantitative estimate of drug-likeness (QED) is 0.626. The maximum absolute atomic E-state index is 13.3. The molecule has 0 amide bonds. The van der Waals surface area contributed by atoms with Gasteiger partial charge in [-0.3, -0.25) is 0 Å². The average molecular weight is 375 g/mol. The van der Waals surface area contributed by atoms with E-state index in [1.807, 2.05) is 13.8 Å². The van der Waals surface area contributed by atoms with Crippen LogP contribution in [-0.2, 0) is 23.1 Å². The highest BCUT2D eigenvalue weighted by Gasteiger charge is 2.28. The molecule has 0 saturated heterocycles. The fourth-order valence-electron chi connectivity index (χ4n) is 2.91. The number of hydrogen-bond acceptors (Lipinski definition) is 5. The first-order valence-corrected chi connectivity index (χ1v) is 9.56. The minimum atomic E-state index is -3.77. The molecule has 3 aromatic rings. The van der Waals surface area contributed by atoms with Crippen LogP contribution in [0, 0.1) is 13.8 Å². The van der Waals surface area contributed by atoms with Gasteiger partial charge in [0.2, 0.25) is 10.0 Å². The van der Waals surface area contributed by atoms with Crippen molar-refractivity contribution in [1.82, 2.24) is 4.31 Å². The van der Waals surface area contributed by atoms with Gasteiger partial charge in [-0.2, -0.15) is 4.31 Å². The van der Waals surface area contributed by atoms with Crippen molar-refractivity contribution in [2.75, 3.05) is 7.11 Å². The molecule has 2 heterocycles. The smallest absolute Gasteiger partial charge is 0.243 e. The van der Waals surface area contributed by atoms with E-state index in [9.17, 15) is 8.42 Å². The van der Waals surface area contributed by atoms with Gasteiger partial charge < -0.3 is 13.6 Å². The Labute approximate surface area is 153 Å². The zero-order chi connectivity index (χ0) is 18.7. The molecule has 0 N–H and O–H groups in total. The minimum absolute atomic E-state index is 0.111. The normalized spacial score (nSPS) is 11.8. The van der Waals surface area contributed by atoms with Crippen molar-refractivity contribution in [2.24, 2.45) is 0 Å². The van der Waals surface area contributed by atoms with Crippen molar-refractivity contribution >= 4 is 10.0 Å². The molecule has 3 rings (SSSR count). The van der Waals surface area contributed by atoms with E-state index < -0.39 is 10.0 Å². The van der Waals surface area contributed by atoms with Crippen LogP contribution in [0.4, 0.5) is 0 Å². The Kier molecular flexibility index (Phi) is 5.20. The molecule has 0 radical (unpaired) electrons. The first-order valence-electron chi connectivity index (χ1n) is 8.12. The molecular formula is C19H21NO5S. The summed E-state index contributed by atoms with van der Waals surface area (Å²) in [6.45, 7) is 3.88. The average Bonchev–Trinajstić information content (AvgIpc) is 3.27. The number of benzene rings is 1. The summed E-state index contributed by atoms with van der Waals surface area (Å²) in [6.07, 6.45) is 3.05. The van der Waals surface area contributed by atoms with Gasteiger partial charge in [0.05, 0.1) is 37.6 Å². The van der Waals surface area contributed by atoms with Crippen molar-refractivity contribution in [1.29, 1.82) is 0 Å². The van der Waals surface area contributed by atoms with Crippen LogP contribution < -0.4 is 4.74 Å². The largest absolute Gasteiger partial charge is 0.496 e. The zero-order valence-corrected chi connectivity index (χ0v) is 15.7. The number of sulfonamides is 1. The highest BCUT2D eigenvalue weighted by molar-refractivity contribution is 7.89. The maximum Gasteiger partial charge on any atom is 0.243 e. The molecule has 6 nitrogen and oxygen atoms in total. The number of ether oxygens (including phenoxy) is 1. The van der Waals surface area contributed by atoms with Gasteiger partial charge in [-0.1, -0.05) is 0 Å². The van der Waals surface area contributed by atoms with Gasteiger partial charge in [0, 0.05) is 0 Å². The lowest BCUT2D eigenvalue weighted by Crippen LogP contribution is -2.30. The van der Waals surface area contributed by atoms with Crippen LogP contribution in [-0.4, -0.2) is 19.8 Å². The lowest BCUT2D eigenvalue weighted by molar-refractivity contribution is 0.330. The third-order valence-corrected chi connectivity index (χ3v) is 5.87. The van der Waals surface area contributed by atoms with Crippen molar-refractivity contribution < 1.29 is 22.0 Å². The van der Waals surface area contributed by atoms with E-state index in [1.54, 1.807) is 43.5 Å². The monoisotopic (exact) mass is 375 g/mol. The predicted octanol–water partition coefficient (Wildman–Crippen LogP) is 3.89. The number of nitrogens with zero attached hydrogens (tertiary/aromatic N) is 1. The molecular weight excluding hydrogens is 354 g/mol. The number of hydrogen-bond donors (Lipinski definition) is 0. The Morgan fingerprint density at radius 2 is 1.46 bits per heavy atom. The molecule has 0 aliphatic rings. The molecule has 138 valence electrons. The lowest BCUT2D eigenvalue weighted by atomic mass is 10.1. The van der Waals surface area contributed by atoms with E-state index in [0.717, 1.165) is 11.1 Å². The Hall–Kier alpha value is -2.51. The van der Waals surface area contributed by atoms with Crippen LogP contribution in [0.15, 0.2) is 62.7 Å². The third-order valence-electron chi connectivity index (χ3n) is 4.10. The molecule has 1 aromatic carbocycles. The molecule has 0 aliphatic heterocycles. The lowest BCUT2D eigenvalue weighted by Gasteiger charge is -2.21. The molecule has 7 heteroatoms. The molecule has 2 aromatic heterocycles. The SMILES string of the molecule is COc1c(C)cc(S(=O)(=O)N(Cc2ccco2)Cc2ccco2)cc1C. The Balaban J connectivity index is 2.00. The fraction of sp³-hybridized carbons (Fsp3) is 0.263. The first-order chi connectivity index (χ1) is 12.4. The first kappa shape index (κ1) is 18.3. The molecule has 26 heavy (non-hydrogen) atoms. The minimum Gasteiger partial charge on any atom is -0.496 e. The summed E-state index contributed by atoms with van der Waals surface area (Å²) in [4.78, 5) is 0.214. The highest BCUT2D eigenvalue weighted by atomic mass is 32.2. The summed E-state index contributed by atoms with van der Waals surface area (Å²) in [7, 11) is -2.19. The van der Waals surface area contributed by atoms with E-state index in [1.165, 1.54) is 16.8 Å². The Bertz CT molecular complexity index is 900. The van der Waals surface area contributed by atoms with Crippen LogP contribution in [0.3, 0.4) is 0 Å². The number of furan rings is 2. The topological polar surface area (TPSA) is 72.9 Å². The molecule has 0 saturated carbocycles. The van der Waals surface area contributed by atoms with Gasteiger partial charge >= 0.3 is 0 Å². The van der Waals surface area contributed by atoms with Crippen LogP contribution in [0.25, 0.3) is 0 Å². The van der Waals surface area contributed by atoms with Crippen LogP contribution in [0.2, 0.25) is 0 Å². The van der Waals surface area contributed by atoms with Gasteiger partial charge in [-0.05, 0) is 61.4 Å². The predicted molar refractivity (Wildman–Crippen MR) is 96.3 cm³/mol. The number of rotatable bonds is 7. The summed E-state index contributed by atoms with van der Waals surface area (Å²) in [5.74, 6) is 1.80. The third kappa shape index (κ3) is 3.68. The second-order valence-corrected chi connectivity index (χ2v) is 7.96. The van der Waals surface area contributed by atoms with E-state index in [0.29, 0.717) is 17.3 Å². The highest BCUT2D eigenvalue weighted by Crippen LogP contribution is 2.29. The second kappa shape index (κ2) is 7.39. The summed E-state index contributed by atoms with van der Waals surface area (Å²) in [5.41, 5.74) is 1.53. The zero-order valence-electron chi connectivity index (χ0n) is 14.9. The second-order valence-electron chi connectivity index (χ2n) is 6.02.